The largest absolute Gasteiger partial charge is 0.356 e. The van der Waals surface area contributed by atoms with Crippen molar-refractivity contribution < 1.29 is 4.79 Å². The third-order valence-electron chi connectivity index (χ3n) is 3.70. The van der Waals surface area contributed by atoms with Gasteiger partial charge >= 0.3 is 0 Å². The molecule has 0 unspecified atom stereocenters. The van der Waals surface area contributed by atoms with Gasteiger partial charge in [-0.05, 0) is 44.4 Å². The van der Waals surface area contributed by atoms with Gasteiger partial charge in [-0.3, -0.25) is 14.5 Å². The van der Waals surface area contributed by atoms with E-state index in [0.29, 0.717) is 13.0 Å². The zero-order chi connectivity index (χ0) is 15.2. The van der Waals surface area contributed by atoms with Crippen molar-refractivity contribution in [3.8, 4) is 0 Å². The lowest BCUT2D eigenvalue weighted by Gasteiger charge is -2.07. The SMILES string of the molecule is Cc1nn(CCCNC(=O)Cc2cccnc2)c(C)c1C. The summed E-state index contributed by atoms with van der Waals surface area (Å²) >= 11 is 0. The number of carbonyl (C=O) groups is 1. The first-order chi connectivity index (χ1) is 10.1. The number of nitrogens with zero attached hydrogens (tertiary/aromatic N) is 3. The number of nitrogens with one attached hydrogen (secondary N) is 1. The van der Waals surface area contributed by atoms with E-state index in [-0.39, 0.29) is 5.91 Å². The molecule has 0 aliphatic heterocycles. The van der Waals surface area contributed by atoms with Crippen LogP contribution < -0.4 is 5.32 Å². The lowest BCUT2D eigenvalue weighted by Crippen LogP contribution is -2.27. The fourth-order valence-electron chi connectivity index (χ4n) is 2.21. The molecule has 2 rings (SSSR count). The van der Waals surface area contributed by atoms with Crippen molar-refractivity contribution in [3.63, 3.8) is 0 Å². The molecule has 21 heavy (non-hydrogen) atoms. The van der Waals surface area contributed by atoms with Gasteiger partial charge in [-0.15, -0.1) is 0 Å². The highest BCUT2D eigenvalue weighted by molar-refractivity contribution is 5.78. The van der Waals surface area contributed by atoms with Gasteiger partial charge in [0.2, 0.25) is 5.91 Å². The average molecular weight is 286 g/mol. The van der Waals surface area contributed by atoms with Crippen LogP contribution in [0.3, 0.4) is 0 Å². The minimum absolute atomic E-state index is 0.0348. The Labute approximate surface area is 125 Å². The van der Waals surface area contributed by atoms with Crippen LogP contribution in [0.1, 0.15) is 28.9 Å². The van der Waals surface area contributed by atoms with E-state index in [9.17, 15) is 4.79 Å². The smallest absolute Gasteiger partial charge is 0.224 e. The highest BCUT2D eigenvalue weighted by Gasteiger charge is 2.07. The topological polar surface area (TPSA) is 59.8 Å². The van der Waals surface area contributed by atoms with Crippen LogP contribution in [0.5, 0.6) is 0 Å². The van der Waals surface area contributed by atoms with E-state index >= 15 is 0 Å². The minimum atomic E-state index is 0.0348. The molecule has 0 spiro atoms. The number of pyridine rings is 1. The number of aryl methyl sites for hydroxylation is 2. The monoisotopic (exact) mass is 286 g/mol. The standard InChI is InChI=1S/C16H22N4O/c1-12-13(2)19-20(14(12)3)9-5-8-18-16(21)10-15-6-4-7-17-11-15/h4,6-7,11H,5,8-10H2,1-3H3,(H,18,21). The Kier molecular flexibility index (Phi) is 5.09. The van der Waals surface area contributed by atoms with E-state index in [2.05, 4.69) is 29.2 Å². The van der Waals surface area contributed by atoms with Gasteiger partial charge in [-0.2, -0.15) is 5.10 Å². The molecule has 1 N–H and O–H groups in total. The van der Waals surface area contributed by atoms with Crippen molar-refractivity contribution in [2.45, 2.75) is 40.2 Å². The molecule has 0 atom stereocenters. The number of hydrogen-bond acceptors (Lipinski definition) is 3. The van der Waals surface area contributed by atoms with Crippen LogP contribution in [-0.2, 0) is 17.8 Å². The van der Waals surface area contributed by atoms with Gasteiger partial charge in [-0.25, -0.2) is 0 Å². The predicted octanol–water partition coefficient (Wildman–Crippen LogP) is 1.95. The lowest BCUT2D eigenvalue weighted by atomic mass is 10.2. The van der Waals surface area contributed by atoms with Crippen molar-refractivity contribution in [2.75, 3.05) is 6.54 Å². The summed E-state index contributed by atoms with van der Waals surface area (Å²) < 4.78 is 2.01. The molecule has 0 fully saturated rings. The number of amides is 1. The molecule has 112 valence electrons. The summed E-state index contributed by atoms with van der Waals surface area (Å²) in [7, 11) is 0. The summed E-state index contributed by atoms with van der Waals surface area (Å²) in [5.41, 5.74) is 4.46. The van der Waals surface area contributed by atoms with Gasteiger partial charge in [0.15, 0.2) is 0 Å². The molecule has 0 bridgehead atoms. The van der Waals surface area contributed by atoms with Crippen molar-refractivity contribution in [1.29, 1.82) is 0 Å². The van der Waals surface area contributed by atoms with E-state index in [1.165, 1.54) is 11.3 Å². The van der Waals surface area contributed by atoms with Crippen molar-refractivity contribution in [1.82, 2.24) is 20.1 Å². The molecule has 5 nitrogen and oxygen atoms in total. The zero-order valence-corrected chi connectivity index (χ0v) is 12.9. The summed E-state index contributed by atoms with van der Waals surface area (Å²) in [6, 6.07) is 3.75. The van der Waals surface area contributed by atoms with Gasteiger partial charge in [0, 0.05) is 31.2 Å². The maximum atomic E-state index is 11.8. The summed E-state index contributed by atoms with van der Waals surface area (Å²) in [6.07, 6.45) is 4.68. The maximum absolute atomic E-state index is 11.8. The minimum Gasteiger partial charge on any atom is -0.356 e. The third-order valence-corrected chi connectivity index (χ3v) is 3.70. The summed E-state index contributed by atoms with van der Waals surface area (Å²) in [5, 5.41) is 7.42. The second-order valence-corrected chi connectivity index (χ2v) is 5.26. The van der Waals surface area contributed by atoms with Crippen molar-refractivity contribution in [3.05, 3.63) is 47.0 Å². The van der Waals surface area contributed by atoms with Crippen LogP contribution in [0.25, 0.3) is 0 Å². The molecule has 2 aromatic heterocycles. The second kappa shape index (κ2) is 7.02. The maximum Gasteiger partial charge on any atom is 0.224 e. The molecule has 0 saturated heterocycles. The molecule has 0 saturated carbocycles. The number of carbonyl (C=O) groups excluding carboxylic acids is 1. The molecule has 0 aliphatic rings. The Morgan fingerprint density at radius 3 is 2.76 bits per heavy atom. The van der Waals surface area contributed by atoms with Gasteiger partial charge in [0.05, 0.1) is 12.1 Å². The van der Waals surface area contributed by atoms with E-state index in [0.717, 1.165) is 24.2 Å². The Morgan fingerprint density at radius 1 is 1.33 bits per heavy atom. The fourth-order valence-corrected chi connectivity index (χ4v) is 2.21. The molecule has 5 heteroatoms. The zero-order valence-electron chi connectivity index (χ0n) is 12.9. The third kappa shape index (κ3) is 4.15. The van der Waals surface area contributed by atoms with Gasteiger partial charge in [-0.1, -0.05) is 6.07 Å². The number of aromatic nitrogens is 3. The Bertz CT molecular complexity index is 604. The molecule has 2 heterocycles. The highest BCUT2D eigenvalue weighted by Crippen LogP contribution is 2.10. The van der Waals surface area contributed by atoms with Crippen molar-refractivity contribution in [2.24, 2.45) is 0 Å². The number of hydrogen-bond donors (Lipinski definition) is 1. The molecule has 0 aromatic carbocycles. The van der Waals surface area contributed by atoms with E-state index in [1.54, 1.807) is 12.4 Å². The number of rotatable bonds is 6. The quantitative estimate of drug-likeness (QED) is 0.826. The molecular formula is C16H22N4O. The van der Waals surface area contributed by atoms with Crippen LogP contribution in [-0.4, -0.2) is 27.2 Å². The molecule has 2 aromatic rings. The van der Waals surface area contributed by atoms with E-state index in [4.69, 9.17) is 0 Å². The second-order valence-electron chi connectivity index (χ2n) is 5.26. The summed E-state index contributed by atoms with van der Waals surface area (Å²) in [6.45, 7) is 7.68. The lowest BCUT2D eigenvalue weighted by molar-refractivity contribution is -0.120. The Balaban J connectivity index is 1.72. The molecule has 0 radical (unpaired) electrons. The predicted molar refractivity (Wildman–Crippen MR) is 82.0 cm³/mol. The van der Waals surface area contributed by atoms with Gasteiger partial charge in [0.25, 0.3) is 0 Å². The average Bonchev–Trinajstić information content (AvgIpc) is 2.72. The van der Waals surface area contributed by atoms with E-state index < -0.39 is 0 Å². The summed E-state index contributed by atoms with van der Waals surface area (Å²) in [4.78, 5) is 15.8. The molecule has 0 aliphatic carbocycles. The molecular weight excluding hydrogens is 264 g/mol. The van der Waals surface area contributed by atoms with Gasteiger partial charge < -0.3 is 5.32 Å². The van der Waals surface area contributed by atoms with Crippen molar-refractivity contribution >= 4 is 5.91 Å². The van der Waals surface area contributed by atoms with Crippen LogP contribution in [0.2, 0.25) is 0 Å². The first-order valence-electron chi connectivity index (χ1n) is 7.24. The Morgan fingerprint density at radius 2 is 2.14 bits per heavy atom. The first kappa shape index (κ1) is 15.2. The highest BCUT2D eigenvalue weighted by atomic mass is 16.1. The van der Waals surface area contributed by atoms with E-state index in [1.807, 2.05) is 23.7 Å². The normalized spacial score (nSPS) is 10.6. The van der Waals surface area contributed by atoms with Crippen LogP contribution in [0, 0.1) is 20.8 Å². The van der Waals surface area contributed by atoms with Crippen LogP contribution in [0.15, 0.2) is 24.5 Å². The summed E-state index contributed by atoms with van der Waals surface area (Å²) in [5.74, 6) is 0.0348. The van der Waals surface area contributed by atoms with Gasteiger partial charge in [0.1, 0.15) is 0 Å². The molecule has 1 amide bonds. The Hall–Kier alpha value is -2.17. The van der Waals surface area contributed by atoms with Crippen LogP contribution in [0.4, 0.5) is 0 Å². The fraction of sp³-hybridized carbons (Fsp3) is 0.438. The van der Waals surface area contributed by atoms with Crippen LogP contribution >= 0.6 is 0 Å². The first-order valence-corrected chi connectivity index (χ1v) is 7.24.